The number of anilines is 1. The highest BCUT2D eigenvalue weighted by Gasteiger charge is 2.26. The molecule has 1 atom stereocenters. The van der Waals surface area contributed by atoms with Gasteiger partial charge in [-0.25, -0.2) is 13.1 Å². The number of hydrogen-bond acceptors (Lipinski definition) is 3. The van der Waals surface area contributed by atoms with Crippen molar-refractivity contribution in [1.82, 2.24) is 4.72 Å². The van der Waals surface area contributed by atoms with Crippen molar-refractivity contribution >= 4 is 15.7 Å². The van der Waals surface area contributed by atoms with Crippen LogP contribution in [0.1, 0.15) is 28.7 Å². The second kappa shape index (κ2) is 7.41. The van der Waals surface area contributed by atoms with Crippen molar-refractivity contribution in [3.05, 3.63) is 58.7 Å². The molecule has 1 fully saturated rings. The minimum Gasteiger partial charge on any atom is -0.371 e. The molecule has 0 aromatic heterocycles. The number of nitrogens with one attached hydrogen (secondary N) is 1. The fourth-order valence-electron chi connectivity index (χ4n) is 3.76. The lowest BCUT2D eigenvalue weighted by Crippen LogP contribution is -2.32. The maximum absolute atomic E-state index is 13.0. The van der Waals surface area contributed by atoms with Crippen LogP contribution in [0.25, 0.3) is 0 Å². The van der Waals surface area contributed by atoms with Crippen molar-refractivity contribution in [2.45, 2.75) is 39.0 Å². The molecule has 0 amide bonds. The molecule has 1 aliphatic heterocycles. The molecule has 3 rings (SSSR count). The maximum Gasteiger partial charge on any atom is 0.241 e. The maximum atomic E-state index is 13.0. The molecule has 1 saturated heterocycles. The molecule has 0 saturated carbocycles. The third kappa shape index (κ3) is 3.79. The standard InChI is InChI=1S/C21H28N2O2S/c1-15-12-16(2)18(4)21(17(15)3)26(24,25)22-13-19-10-11-23(14-19)20-8-6-5-7-9-20/h5-9,12,19,22H,10-11,13-14H2,1-4H3. The van der Waals surface area contributed by atoms with Gasteiger partial charge in [0.15, 0.2) is 0 Å². The minimum atomic E-state index is -3.50. The van der Waals surface area contributed by atoms with E-state index >= 15 is 0 Å². The van der Waals surface area contributed by atoms with Gasteiger partial charge in [0.1, 0.15) is 0 Å². The van der Waals surface area contributed by atoms with Gasteiger partial charge in [0.25, 0.3) is 0 Å². The molecule has 2 aromatic rings. The molecule has 1 heterocycles. The number of benzene rings is 2. The van der Waals surface area contributed by atoms with Gasteiger partial charge in [-0.05, 0) is 74.4 Å². The van der Waals surface area contributed by atoms with Gasteiger partial charge in [-0.15, -0.1) is 0 Å². The predicted octanol–water partition coefficient (Wildman–Crippen LogP) is 3.73. The highest BCUT2D eigenvalue weighted by atomic mass is 32.2. The molecule has 0 bridgehead atoms. The van der Waals surface area contributed by atoms with E-state index < -0.39 is 10.0 Å². The van der Waals surface area contributed by atoms with E-state index in [0.717, 1.165) is 41.8 Å². The Morgan fingerprint density at radius 3 is 2.27 bits per heavy atom. The summed E-state index contributed by atoms with van der Waals surface area (Å²) in [5, 5.41) is 0. The molecule has 1 unspecified atom stereocenters. The molecule has 1 N–H and O–H groups in total. The molecule has 0 aliphatic carbocycles. The van der Waals surface area contributed by atoms with Gasteiger partial charge in [0, 0.05) is 25.3 Å². The summed E-state index contributed by atoms with van der Waals surface area (Å²) >= 11 is 0. The Kier molecular flexibility index (Phi) is 5.39. The van der Waals surface area contributed by atoms with Gasteiger partial charge < -0.3 is 4.90 Å². The molecule has 4 nitrogen and oxygen atoms in total. The lowest BCUT2D eigenvalue weighted by molar-refractivity contribution is 0.540. The van der Waals surface area contributed by atoms with E-state index in [9.17, 15) is 8.42 Å². The van der Waals surface area contributed by atoms with Gasteiger partial charge in [0.05, 0.1) is 4.90 Å². The van der Waals surface area contributed by atoms with Crippen molar-refractivity contribution in [1.29, 1.82) is 0 Å². The third-order valence-electron chi connectivity index (χ3n) is 5.54. The van der Waals surface area contributed by atoms with E-state index in [1.54, 1.807) is 0 Å². The van der Waals surface area contributed by atoms with Crippen LogP contribution in [0.15, 0.2) is 41.3 Å². The van der Waals surface area contributed by atoms with Crippen LogP contribution in [-0.2, 0) is 10.0 Å². The summed E-state index contributed by atoms with van der Waals surface area (Å²) in [7, 11) is -3.50. The highest BCUT2D eigenvalue weighted by molar-refractivity contribution is 7.89. The number of rotatable bonds is 5. The SMILES string of the molecule is Cc1cc(C)c(C)c(S(=O)(=O)NCC2CCN(c3ccccc3)C2)c1C. The number of aryl methyl sites for hydroxylation is 2. The van der Waals surface area contributed by atoms with E-state index in [0.29, 0.717) is 17.4 Å². The van der Waals surface area contributed by atoms with E-state index in [-0.39, 0.29) is 0 Å². The van der Waals surface area contributed by atoms with Crippen molar-refractivity contribution in [2.24, 2.45) is 5.92 Å². The number of para-hydroxylation sites is 1. The first-order valence-corrected chi connectivity index (χ1v) is 10.6. The Morgan fingerprint density at radius 1 is 1.04 bits per heavy atom. The first kappa shape index (κ1) is 18.9. The van der Waals surface area contributed by atoms with Gasteiger partial charge in [0.2, 0.25) is 10.0 Å². The van der Waals surface area contributed by atoms with Gasteiger partial charge in [-0.1, -0.05) is 24.3 Å². The zero-order valence-electron chi connectivity index (χ0n) is 16.0. The zero-order chi connectivity index (χ0) is 18.9. The predicted molar refractivity (Wildman–Crippen MR) is 107 cm³/mol. The van der Waals surface area contributed by atoms with Crippen LogP contribution in [0.2, 0.25) is 0 Å². The monoisotopic (exact) mass is 372 g/mol. The zero-order valence-corrected chi connectivity index (χ0v) is 16.9. The Morgan fingerprint density at radius 2 is 1.65 bits per heavy atom. The molecule has 2 aromatic carbocycles. The first-order chi connectivity index (χ1) is 12.3. The van der Waals surface area contributed by atoms with Gasteiger partial charge in [-0.3, -0.25) is 0 Å². The van der Waals surface area contributed by atoms with Crippen molar-refractivity contribution in [3.8, 4) is 0 Å². The Bertz CT molecular complexity index is 866. The Labute approximate surface area is 157 Å². The summed E-state index contributed by atoms with van der Waals surface area (Å²) in [5.74, 6) is 0.330. The summed E-state index contributed by atoms with van der Waals surface area (Å²) < 4.78 is 28.8. The number of hydrogen-bond donors (Lipinski definition) is 1. The van der Waals surface area contributed by atoms with E-state index in [4.69, 9.17) is 0 Å². The molecule has 0 spiro atoms. The molecular formula is C21H28N2O2S. The minimum absolute atomic E-state index is 0.330. The Hall–Kier alpha value is -1.85. The topological polar surface area (TPSA) is 49.4 Å². The van der Waals surface area contributed by atoms with Crippen LogP contribution in [0, 0.1) is 33.6 Å². The Balaban J connectivity index is 1.71. The smallest absolute Gasteiger partial charge is 0.241 e. The molecule has 1 aliphatic rings. The summed E-state index contributed by atoms with van der Waals surface area (Å²) in [6.45, 7) is 10.1. The summed E-state index contributed by atoms with van der Waals surface area (Å²) in [6, 6.07) is 12.4. The highest BCUT2D eigenvalue weighted by Crippen LogP contribution is 2.27. The summed E-state index contributed by atoms with van der Waals surface area (Å²) in [4.78, 5) is 2.78. The molecular weight excluding hydrogens is 344 g/mol. The quantitative estimate of drug-likeness (QED) is 0.870. The lowest BCUT2D eigenvalue weighted by atomic mass is 10.0. The van der Waals surface area contributed by atoms with Crippen LogP contribution >= 0.6 is 0 Å². The van der Waals surface area contributed by atoms with E-state index in [2.05, 4.69) is 27.8 Å². The summed E-state index contributed by atoms with van der Waals surface area (Å²) in [6.07, 6.45) is 1.00. The van der Waals surface area contributed by atoms with Crippen LogP contribution in [-0.4, -0.2) is 28.1 Å². The fraction of sp³-hybridized carbons (Fsp3) is 0.429. The summed E-state index contributed by atoms with van der Waals surface area (Å²) in [5.41, 5.74) is 4.93. The first-order valence-electron chi connectivity index (χ1n) is 9.16. The second-order valence-electron chi connectivity index (χ2n) is 7.38. The van der Waals surface area contributed by atoms with Crippen molar-refractivity contribution < 1.29 is 8.42 Å². The van der Waals surface area contributed by atoms with Crippen LogP contribution in [0.4, 0.5) is 5.69 Å². The van der Waals surface area contributed by atoms with Crippen LogP contribution in [0.3, 0.4) is 0 Å². The van der Waals surface area contributed by atoms with E-state index in [1.807, 2.05) is 45.9 Å². The molecule has 5 heteroatoms. The molecule has 140 valence electrons. The fourth-order valence-corrected chi connectivity index (χ4v) is 5.48. The molecule has 0 radical (unpaired) electrons. The largest absolute Gasteiger partial charge is 0.371 e. The van der Waals surface area contributed by atoms with Crippen LogP contribution in [0.5, 0.6) is 0 Å². The third-order valence-corrected chi connectivity index (χ3v) is 7.23. The second-order valence-corrected chi connectivity index (χ2v) is 9.08. The van der Waals surface area contributed by atoms with Crippen molar-refractivity contribution in [2.75, 3.05) is 24.5 Å². The average molecular weight is 373 g/mol. The normalized spacial score (nSPS) is 17.7. The molecule has 26 heavy (non-hydrogen) atoms. The van der Waals surface area contributed by atoms with Gasteiger partial charge >= 0.3 is 0 Å². The van der Waals surface area contributed by atoms with Crippen molar-refractivity contribution in [3.63, 3.8) is 0 Å². The number of sulfonamides is 1. The van der Waals surface area contributed by atoms with Gasteiger partial charge in [-0.2, -0.15) is 0 Å². The number of nitrogens with zero attached hydrogens (tertiary/aromatic N) is 1. The van der Waals surface area contributed by atoms with Crippen LogP contribution < -0.4 is 9.62 Å². The lowest BCUT2D eigenvalue weighted by Gasteiger charge is -2.19. The van der Waals surface area contributed by atoms with E-state index in [1.165, 1.54) is 5.69 Å². The average Bonchev–Trinajstić information content (AvgIpc) is 3.08.